The van der Waals surface area contributed by atoms with Crippen molar-refractivity contribution in [3.63, 3.8) is 0 Å². The first kappa shape index (κ1) is 17.4. The van der Waals surface area contributed by atoms with Crippen molar-refractivity contribution in [3.8, 4) is 22.8 Å². The fraction of sp³-hybridized carbons (Fsp3) is 0.375. The van der Waals surface area contributed by atoms with Gasteiger partial charge in [0.1, 0.15) is 22.9 Å². The van der Waals surface area contributed by atoms with E-state index in [-0.39, 0.29) is 22.4 Å². The number of phenolic OH excluding ortho intramolecular Hbond substituents is 2. The average Bonchev–Trinajstić information content (AvgIpc) is 3.04. The number of piperazine rings is 1. The molecule has 5 N–H and O–H groups in total. The van der Waals surface area contributed by atoms with Gasteiger partial charge in [-0.2, -0.15) is 5.10 Å². The molecule has 9 heteroatoms. The van der Waals surface area contributed by atoms with Crippen molar-refractivity contribution < 1.29 is 15.0 Å². The highest BCUT2D eigenvalue weighted by molar-refractivity contribution is 6.32. The van der Waals surface area contributed by atoms with Crippen molar-refractivity contribution in [2.24, 2.45) is 0 Å². The standard InChI is InChI=1S/C16H20ClN5O3/c1-2-19-16(25)14-15(22-5-3-18-4-6-22)13(20-21-14)9-7-10(17)12(24)8-11(9)23/h7-8,18,23-24H,2-6H2,1H3,(H,19,25)(H,20,21). The predicted octanol–water partition coefficient (Wildman–Crippen LogP) is 1.30. The second kappa shape index (κ2) is 7.20. The number of phenols is 2. The van der Waals surface area contributed by atoms with Gasteiger partial charge in [-0.3, -0.25) is 9.89 Å². The van der Waals surface area contributed by atoms with Gasteiger partial charge in [0, 0.05) is 44.4 Å². The van der Waals surface area contributed by atoms with Crippen LogP contribution in [0.5, 0.6) is 11.5 Å². The van der Waals surface area contributed by atoms with Crippen molar-refractivity contribution in [1.29, 1.82) is 0 Å². The zero-order chi connectivity index (χ0) is 18.0. The largest absolute Gasteiger partial charge is 0.507 e. The van der Waals surface area contributed by atoms with E-state index in [2.05, 4.69) is 20.8 Å². The first-order chi connectivity index (χ1) is 12.0. The van der Waals surface area contributed by atoms with Crippen LogP contribution in [0.25, 0.3) is 11.3 Å². The number of nitrogens with one attached hydrogen (secondary N) is 3. The van der Waals surface area contributed by atoms with E-state index in [1.165, 1.54) is 12.1 Å². The minimum absolute atomic E-state index is 0.0987. The Morgan fingerprint density at radius 2 is 2.04 bits per heavy atom. The molecule has 25 heavy (non-hydrogen) atoms. The lowest BCUT2D eigenvalue weighted by Gasteiger charge is -2.30. The molecule has 0 bridgehead atoms. The monoisotopic (exact) mass is 365 g/mol. The SMILES string of the molecule is CCNC(=O)c1[nH]nc(-c2cc(Cl)c(O)cc2O)c1N1CCNCC1. The van der Waals surface area contributed by atoms with E-state index in [9.17, 15) is 15.0 Å². The fourth-order valence-electron chi connectivity index (χ4n) is 2.87. The van der Waals surface area contributed by atoms with Gasteiger partial charge in [-0.1, -0.05) is 11.6 Å². The summed E-state index contributed by atoms with van der Waals surface area (Å²) in [4.78, 5) is 14.4. The Morgan fingerprint density at radius 3 is 2.72 bits per heavy atom. The fourth-order valence-corrected chi connectivity index (χ4v) is 3.03. The minimum atomic E-state index is -0.265. The molecule has 8 nitrogen and oxygen atoms in total. The van der Waals surface area contributed by atoms with Gasteiger partial charge in [0.25, 0.3) is 5.91 Å². The third-order valence-corrected chi connectivity index (χ3v) is 4.36. The van der Waals surface area contributed by atoms with E-state index >= 15 is 0 Å². The van der Waals surface area contributed by atoms with E-state index in [1.54, 1.807) is 0 Å². The number of nitrogens with zero attached hydrogens (tertiary/aromatic N) is 2. The van der Waals surface area contributed by atoms with Crippen LogP contribution >= 0.6 is 11.6 Å². The molecule has 1 saturated heterocycles. The maximum atomic E-state index is 12.4. The number of rotatable bonds is 4. The van der Waals surface area contributed by atoms with Crippen LogP contribution in [0.3, 0.4) is 0 Å². The van der Waals surface area contributed by atoms with E-state index < -0.39 is 0 Å². The van der Waals surface area contributed by atoms with Gasteiger partial charge < -0.3 is 25.7 Å². The van der Waals surface area contributed by atoms with Gasteiger partial charge in [0.05, 0.1) is 10.7 Å². The Kier molecular flexibility index (Phi) is 5.00. The number of amides is 1. The Hall–Kier alpha value is -2.45. The summed E-state index contributed by atoms with van der Waals surface area (Å²) in [5.74, 6) is -0.641. The first-order valence-electron chi connectivity index (χ1n) is 8.07. The van der Waals surface area contributed by atoms with Crippen molar-refractivity contribution in [3.05, 3.63) is 22.8 Å². The van der Waals surface area contributed by atoms with Gasteiger partial charge in [-0.05, 0) is 13.0 Å². The van der Waals surface area contributed by atoms with Gasteiger partial charge in [-0.25, -0.2) is 0 Å². The number of aromatic nitrogens is 2. The van der Waals surface area contributed by atoms with Gasteiger partial charge in [0.2, 0.25) is 0 Å². The lowest BCUT2D eigenvalue weighted by Crippen LogP contribution is -2.44. The molecule has 1 aliphatic heterocycles. The van der Waals surface area contributed by atoms with Gasteiger partial charge in [-0.15, -0.1) is 0 Å². The molecule has 134 valence electrons. The number of carbonyl (C=O) groups excluding carboxylic acids is 1. The summed E-state index contributed by atoms with van der Waals surface area (Å²) < 4.78 is 0. The number of carbonyl (C=O) groups is 1. The summed E-state index contributed by atoms with van der Waals surface area (Å²) in [5, 5.41) is 33.0. The van der Waals surface area contributed by atoms with Crippen LogP contribution < -0.4 is 15.5 Å². The number of halogens is 1. The van der Waals surface area contributed by atoms with Gasteiger partial charge >= 0.3 is 0 Å². The molecule has 1 aliphatic rings. The Morgan fingerprint density at radius 1 is 1.32 bits per heavy atom. The summed E-state index contributed by atoms with van der Waals surface area (Å²) >= 11 is 5.99. The Labute approximate surface area is 149 Å². The van der Waals surface area contributed by atoms with Gasteiger partial charge in [0.15, 0.2) is 0 Å². The summed E-state index contributed by atoms with van der Waals surface area (Å²) in [6.45, 7) is 5.29. The zero-order valence-corrected chi connectivity index (χ0v) is 14.5. The predicted molar refractivity (Wildman–Crippen MR) is 95.5 cm³/mol. The number of H-pyrrole nitrogens is 1. The number of hydrogen-bond acceptors (Lipinski definition) is 6. The van der Waals surface area contributed by atoms with E-state index in [0.717, 1.165) is 13.1 Å². The third-order valence-electron chi connectivity index (χ3n) is 4.06. The quantitative estimate of drug-likeness (QED) is 0.558. The van der Waals surface area contributed by atoms with Crippen LogP contribution in [0.15, 0.2) is 12.1 Å². The molecule has 0 spiro atoms. The van der Waals surface area contributed by atoms with Crippen molar-refractivity contribution >= 4 is 23.2 Å². The highest BCUT2D eigenvalue weighted by atomic mass is 35.5. The number of aromatic hydroxyl groups is 2. The molecule has 2 heterocycles. The number of hydrogen-bond donors (Lipinski definition) is 5. The zero-order valence-electron chi connectivity index (χ0n) is 13.8. The number of anilines is 1. The summed E-state index contributed by atoms with van der Waals surface area (Å²) in [5.41, 5.74) is 1.72. The molecular formula is C16H20ClN5O3. The lowest BCUT2D eigenvalue weighted by molar-refractivity contribution is 0.0951. The molecule has 1 aromatic carbocycles. The van der Waals surface area contributed by atoms with Crippen molar-refractivity contribution in [2.45, 2.75) is 6.92 Å². The van der Waals surface area contributed by atoms with Crippen LogP contribution in [0.1, 0.15) is 17.4 Å². The molecule has 3 rings (SSSR count). The average molecular weight is 366 g/mol. The molecule has 0 unspecified atom stereocenters. The smallest absolute Gasteiger partial charge is 0.271 e. The molecule has 1 aromatic heterocycles. The van der Waals surface area contributed by atoms with Crippen LogP contribution in [-0.4, -0.2) is 59.0 Å². The summed E-state index contributed by atoms with van der Waals surface area (Å²) in [6.07, 6.45) is 0. The van der Waals surface area contributed by atoms with E-state index in [4.69, 9.17) is 11.6 Å². The Bertz CT molecular complexity index is 786. The molecule has 0 radical (unpaired) electrons. The van der Waals surface area contributed by atoms with Crippen LogP contribution in [0.2, 0.25) is 5.02 Å². The van der Waals surface area contributed by atoms with Crippen molar-refractivity contribution in [2.75, 3.05) is 37.6 Å². The molecule has 0 aliphatic carbocycles. The molecule has 2 aromatic rings. The second-order valence-electron chi connectivity index (χ2n) is 5.71. The topological polar surface area (TPSA) is 114 Å². The summed E-state index contributed by atoms with van der Waals surface area (Å²) in [6, 6.07) is 2.61. The van der Waals surface area contributed by atoms with Crippen LogP contribution in [0.4, 0.5) is 5.69 Å². The summed E-state index contributed by atoms with van der Waals surface area (Å²) in [7, 11) is 0. The molecule has 1 fully saturated rings. The first-order valence-corrected chi connectivity index (χ1v) is 8.44. The van der Waals surface area contributed by atoms with Crippen molar-refractivity contribution in [1.82, 2.24) is 20.8 Å². The van der Waals surface area contributed by atoms with Crippen LogP contribution in [-0.2, 0) is 0 Å². The molecule has 0 saturated carbocycles. The van der Waals surface area contributed by atoms with Crippen LogP contribution in [0, 0.1) is 0 Å². The normalized spacial score (nSPS) is 14.6. The third kappa shape index (κ3) is 3.35. The lowest BCUT2D eigenvalue weighted by atomic mass is 10.1. The number of benzene rings is 1. The molecular weight excluding hydrogens is 346 g/mol. The maximum absolute atomic E-state index is 12.4. The highest BCUT2D eigenvalue weighted by Crippen LogP contribution is 2.41. The molecule has 1 amide bonds. The van der Waals surface area contributed by atoms with E-state index in [1.807, 2.05) is 11.8 Å². The number of aromatic amines is 1. The highest BCUT2D eigenvalue weighted by Gasteiger charge is 2.27. The minimum Gasteiger partial charge on any atom is -0.507 e. The van der Waals surface area contributed by atoms with E-state index in [0.29, 0.717) is 42.3 Å². The second-order valence-corrected chi connectivity index (χ2v) is 6.12. The maximum Gasteiger partial charge on any atom is 0.271 e. The molecule has 0 atom stereocenters. The Balaban J connectivity index is 2.13.